The molecule has 0 atom stereocenters. The lowest BCUT2D eigenvalue weighted by Crippen LogP contribution is -1.81. The van der Waals surface area contributed by atoms with Crippen LogP contribution in [0, 0.1) is 0 Å². The highest BCUT2D eigenvalue weighted by molar-refractivity contribution is 7.16. The maximum absolute atomic E-state index is 5.50. The fourth-order valence-electron chi connectivity index (χ4n) is 0.752. The van der Waals surface area contributed by atoms with E-state index in [2.05, 4.69) is 4.98 Å². The van der Waals surface area contributed by atoms with E-state index in [0.29, 0.717) is 5.82 Å². The Morgan fingerprint density at radius 2 is 2.56 bits per heavy atom. The van der Waals surface area contributed by atoms with Crippen LogP contribution in [0.5, 0.6) is 0 Å². The Balaban J connectivity index is 2.99. The molecule has 0 bridgehead atoms. The summed E-state index contributed by atoms with van der Waals surface area (Å²) in [4.78, 5) is 4.93. The van der Waals surface area contributed by atoms with Gasteiger partial charge in [-0.1, -0.05) is 0 Å². The summed E-state index contributed by atoms with van der Waals surface area (Å²) >= 11 is 1.60. The SMILES string of the molecule is Nc1ncn2ccsc12. The summed E-state index contributed by atoms with van der Waals surface area (Å²) in [6.45, 7) is 0. The smallest absolute Gasteiger partial charge is 0.160 e. The van der Waals surface area contributed by atoms with Crippen molar-refractivity contribution in [1.82, 2.24) is 9.38 Å². The van der Waals surface area contributed by atoms with Gasteiger partial charge in [0.05, 0.1) is 0 Å². The van der Waals surface area contributed by atoms with Crippen LogP contribution in [0.2, 0.25) is 0 Å². The Bertz CT molecular complexity index is 321. The molecule has 0 radical (unpaired) electrons. The van der Waals surface area contributed by atoms with Gasteiger partial charge in [-0.25, -0.2) is 4.98 Å². The predicted octanol–water partition coefficient (Wildman–Crippen LogP) is 0.978. The number of nitrogens with zero attached hydrogens (tertiary/aromatic N) is 2. The summed E-state index contributed by atoms with van der Waals surface area (Å²) in [5.74, 6) is 0.616. The van der Waals surface area contributed by atoms with Crippen LogP contribution in [0.15, 0.2) is 17.9 Å². The minimum atomic E-state index is 0.616. The van der Waals surface area contributed by atoms with Crippen LogP contribution < -0.4 is 5.73 Å². The van der Waals surface area contributed by atoms with Gasteiger partial charge in [-0.2, -0.15) is 0 Å². The number of hydrogen-bond acceptors (Lipinski definition) is 3. The zero-order chi connectivity index (χ0) is 6.27. The zero-order valence-electron chi connectivity index (χ0n) is 4.61. The molecule has 2 aromatic rings. The molecule has 2 N–H and O–H groups in total. The van der Waals surface area contributed by atoms with E-state index in [9.17, 15) is 0 Å². The van der Waals surface area contributed by atoms with E-state index in [-0.39, 0.29) is 0 Å². The van der Waals surface area contributed by atoms with Crippen molar-refractivity contribution in [3.8, 4) is 0 Å². The fourth-order valence-corrected chi connectivity index (χ4v) is 1.48. The van der Waals surface area contributed by atoms with Gasteiger partial charge in [0.25, 0.3) is 0 Å². The van der Waals surface area contributed by atoms with Gasteiger partial charge in [0.15, 0.2) is 5.82 Å². The molecule has 4 heteroatoms. The monoisotopic (exact) mass is 139 g/mol. The summed E-state index contributed by atoms with van der Waals surface area (Å²) in [5, 5.41) is 1.98. The average Bonchev–Trinajstić information content (AvgIpc) is 2.35. The number of aromatic nitrogens is 2. The van der Waals surface area contributed by atoms with Crippen molar-refractivity contribution in [2.24, 2.45) is 0 Å². The Morgan fingerprint density at radius 3 is 3.33 bits per heavy atom. The maximum atomic E-state index is 5.50. The first-order valence-electron chi connectivity index (χ1n) is 2.53. The van der Waals surface area contributed by atoms with Gasteiger partial charge in [-0.05, 0) is 0 Å². The fraction of sp³-hybridized carbons (Fsp3) is 0. The van der Waals surface area contributed by atoms with Crippen LogP contribution in [0.1, 0.15) is 0 Å². The third-order valence-electron chi connectivity index (χ3n) is 1.18. The summed E-state index contributed by atoms with van der Waals surface area (Å²) in [6.07, 6.45) is 3.64. The molecule has 2 rings (SSSR count). The molecular weight excluding hydrogens is 134 g/mol. The molecule has 0 saturated carbocycles. The third kappa shape index (κ3) is 0.533. The summed E-state index contributed by atoms with van der Waals surface area (Å²) < 4.78 is 1.90. The number of rotatable bonds is 0. The van der Waals surface area contributed by atoms with Crippen LogP contribution in [0.3, 0.4) is 0 Å². The molecule has 46 valence electrons. The van der Waals surface area contributed by atoms with Crippen LogP contribution in [0.25, 0.3) is 4.83 Å². The minimum Gasteiger partial charge on any atom is -0.381 e. The highest BCUT2D eigenvalue weighted by Gasteiger charge is 1.97. The molecule has 2 aromatic heterocycles. The quantitative estimate of drug-likeness (QED) is 0.591. The molecule has 0 fully saturated rings. The Morgan fingerprint density at radius 1 is 1.67 bits per heavy atom. The van der Waals surface area contributed by atoms with Gasteiger partial charge in [0, 0.05) is 11.6 Å². The van der Waals surface area contributed by atoms with Crippen molar-refractivity contribution < 1.29 is 0 Å². The van der Waals surface area contributed by atoms with Crippen LogP contribution in [0.4, 0.5) is 5.82 Å². The maximum Gasteiger partial charge on any atom is 0.160 e. The van der Waals surface area contributed by atoms with Crippen LogP contribution in [-0.2, 0) is 0 Å². The van der Waals surface area contributed by atoms with E-state index in [1.54, 1.807) is 17.7 Å². The van der Waals surface area contributed by atoms with Gasteiger partial charge in [-0.3, -0.25) is 4.40 Å². The Hall–Kier alpha value is -1.03. The van der Waals surface area contributed by atoms with Crippen LogP contribution in [-0.4, -0.2) is 9.38 Å². The minimum absolute atomic E-state index is 0.616. The van der Waals surface area contributed by atoms with Gasteiger partial charge in [0.2, 0.25) is 0 Å². The molecule has 0 amide bonds. The number of nitrogens with two attached hydrogens (primary N) is 1. The number of thiazole rings is 1. The first-order valence-corrected chi connectivity index (χ1v) is 3.41. The van der Waals surface area contributed by atoms with Crippen molar-refractivity contribution in [3.63, 3.8) is 0 Å². The second-order valence-corrected chi connectivity index (χ2v) is 2.64. The number of imidazole rings is 1. The molecule has 0 aliphatic rings. The lowest BCUT2D eigenvalue weighted by molar-refractivity contribution is 1.18. The van der Waals surface area contributed by atoms with Gasteiger partial charge >= 0.3 is 0 Å². The van der Waals surface area contributed by atoms with E-state index in [1.165, 1.54) is 0 Å². The van der Waals surface area contributed by atoms with Gasteiger partial charge in [0.1, 0.15) is 11.2 Å². The lowest BCUT2D eigenvalue weighted by Gasteiger charge is -1.77. The largest absolute Gasteiger partial charge is 0.381 e. The molecule has 0 aliphatic carbocycles. The normalized spacial score (nSPS) is 10.7. The van der Waals surface area contributed by atoms with E-state index in [4.69, 9.17) is 5.73 Å². The highest BCUT2D eigenvalue weighted by Crippen LogP contribution is 2.16. The van der Waals surface area contributed by atoms with Crippen molar-refractivity contribution >= 4 is 22.0 Å². The van der Waals surface area contributed by atoms with Crippen molar-refractivity contribution in [3.05, 3.63) is 17.9 Å². The number of fused-ring (bicyclic) bond motifs is 1. The average molecular weight is 139 g/mol. The van der Waals surface area contributed by atoms with E-state index < -0.39 is 0 Å². The molecule has 0 aliphatic heterocycles. The topological polar surface area (TPSA) is 43.3 Å². The molecule has 0 spiro atoms. The van der Waals surface area contributed by atoms with Crippen molar-refractivity contribution in [2.45, 2.75) is 0 Å². The number of hydrogen-bond donors (Lipinski definition) is 1. The second kappa shape index (κ2) is 1.48. The second-order valence-electron chi connectivity index (χ2n) is 1.75. The van der Waals surface area contributed by atoms with Crippen molar-refractivity contribution in [2.75, 3.05) is 5.73 Å². The Labute approximate surface area is 55.7 Å². The molecule has 0 aromatic carbocycles. The molecule has 2 heterocycles. The predicted molar refractivity (Wildman–Crippen MR) is 37.5 cm³/mol. The van der Waals surface area contributed by atoms with E-state index >= 15 is 0 Å². The van der Waals surface area contributed by atoms with E-state index in [1.807, 2.05) is 16.0 Å². The lowest BCUT2D eigenvalue weighted by atomic mass is 10.8. The van der Waals surface area contributed by atoms with Gasteiger partial charge in [-0.15, -0.1) is 11.3 Å². The van der Waals surface area contributed by atoms with E-state index in [0.717, 1.165) is 4.83 Å². The molecule has 9 heavy (non-hydrogen) atoms. The summed E-state index contributed by atoms with van der Waals surface area (Å²) in [6, 6.07) is 0. The first kappa shape index (κ1) is 4.81. The van der Waals surface area contributed by atoms with Gasteiger partial charge < -0.3 is 5.73 Å². The molecule has 3 nitrogen and oxygen atoms in total. The number of anilines is 1. The summed E-state index contributed by atoms with van der Waals surface area (Å²) in [7, 11) is 0. The summed E-state index contributed by atoms with van der Waals surface area (Å²) in [5.41, 5.74) is 5.50. The first-order chi connectivity index (χ1) is 4.38. The van der Waals surface area contributed by atoms with Crippen molar-refractivity contribution in [1.29, 1.82) is 0 Å². The molecular formula is C5H5N3S. The third-order valence-corrected chi connectivity index (χ3v) is 2.08. The number of nitrogen functional groups attached to an aromatic ring is 1. The highest BCUT2D eigenvalue weighted by atomic mass is 32.1. The zero-order valence-corrected chi connectivity index (χ0v) is 5.43. The molecule has 0 unspecified atom stereocenters. The standard InChI is InChI=1S/C5H5N3S/c6-4-5-8(3-7-4)1-2-9-5/h1-3H,6H2. The molecule has 0 saturated heterocycles. The Kier molecular flexibility index (Phi) is 0.790. The van der Waals surface area contributed by atoms with Crippen LogP contribution >= 0.6 is 11.3 Å².